The number of nitro groups is 1. The molecule has 0 amide bonds. The van der Waals surface area contributed by atoms with Gasteiger partial charge in [-0.15, -0.1) is 0 Å². The molecule has 3 rings (SSSR count). The van der Waals surface area contributed by atoms with Gasteiger partial charge in [0.1, 0.15) is 11.7 Å². The van der Waals surface area contributed by atoms with Crippen LogP contribution in [0.4, 0.5) is 11.4 Å². The highest BCUT2D eigenvalue weighted by Crippen LogP contribution is 2.47. The van der Waals surface area contributed by atoms with E-state index in [9.17, 15) is 20.0 Å². The van der Waals surface area contributed by atoms with Crippen LogP contribution in [0.1, 0.15) is 17.9 Å². The largest absolute Gasteiger partial charge is 0.480 e. The number of nitrogens with one attached hydrogen (secondary N) is 1. The number of hydrogen-bond donors (Lipinski definition) is 2. The van der Waals surface area contributed by atoms with Crippen LogP contribution >= 0.6 is 0 Å². The average molecular weight is 260 g/mol. The summed E-state index contributed by atoms with van der Waals surface area (Å²) in [5.74, 6) is -1.10. The molecule has 1 aromatic rings. The number of nitro benzene ring substituents is 1. The van der Waals surface area contributed by atoms with Gasteiger partial charge < -0.3 is 10.4 Å². The van der Waals surface area contributed by atoms with Gasteiger partial charge in [0.2, 0.25) is 0 Å². The molecule has 1 aromatic carbocycles. The summed E-state index contributed by atoms with van der Waals surface area (Å²) < 4.78 is 0. The zero-order valence-corrected chi connectivity index (χ0v) is 9.95. The van der Waals surface area contributed by atoms with E-state index >= 15 is 0 Å². The van der Waals surface area contributed by atoms with E-state index in [-0.39, 0.29) is 17.5 Å². The van der Waals surface area contributed by atoms with E-state index in [2.05, 4.69) is 5.32 Å². The third kappa shape index (κ3) is 1.68. The fourth-order valence-corrected chi connectivity index (χ4v) is 3.00. The van der Waals surface area contributed by atoms with E-state index in [1.54, 1.807) is 6.07 Å². The third-order valence-electron chi connectivity index (χ3n) is 3.84. The van der Waals surface area contributed by atoms with Crippen molar-refractivity contribution in [3.8, 4) is 0 Å². The molecule has 2 N–H and O–H groups in total. The molecule has 0 aromatic heterocycles. The minimum Gasteiger partial charge on any atom is -0.480 e. The molecule has 3 atom stereocenters. The Balaban J connectivity index is 2.15. The van der Waals surface area contributed by atoms with Crippen molar-refractivity contribution in [2.45, 2.75) is 18.4 Å². The number of aliphatic carboxylic acids is 1. The number of rotatable bonds is 2. The molecule has 0 saturated heterocycles. The van der Waals surface area contributed by atoms with Crippen molar-refractivity contribution in [2.24, 2.45) is 5.92 Å². The van der Waals surface area contributed by atoms with Crippen LogP contribution in [0.15, 0.2) is 30.4 Å². The topological polar surface area (TPSA) is 92.5 Å². The van der Waals surface area contributed by atoms with Crippen molar-refractivity contribution >= 4 is 17.3 Å². The smallest absolute Gasteiger partial charge is 0.326 e. The highest BCUT2D eigenvalue weighted by atomic mass is 16.6. The highest BCUT2D eigenvalue weighted by Gasteiger charge is 2.42. The number of anilines is 1. The summed E-state index contributed by atoms with van der Waals surface area (Å²) in [6, 6.07) is 4.07. The number of nitrogens with zero attached hydrogens (tertiary/aromatic N) is 1. The van der Waals surface area contributed by atoms with Gasteiger partial charge in [-0.3, -0.25) is 10.1 Å². The Kier molecular flexibility index (Phi) is 2.51. The normalized spacial score (nSPS) is 27.3. The molecule has 1 aliphatic heterocycles. The lowest BCUT2D eigenvalue weighted by Gasteiger charge is -2.34. The van der Waals surface area contributed by atoms with E-state index in [1.165, 1.54) is 6.07 Å². The minimum atomic E-state index is -0.970. The van der Waals surface area contributed by atoms with E-state index < -0.39 is 16.9 Å². The van der Waals surface area contributed by atoms with Gasteiger partial charge in [0.05, 0.1) is 4.92 Å². The van der Waals surface area contributed by atoms with Crippen molar-refractivity contribution in [3.05, 3.63) is 46.0 Å². The van der Waals surface area contributed by atoms with Crippen molar-refractivity contribution in [1.29, 1.82) is 0 Å². The number of carboxylic acids is 1. The number of fused-ring (bicyclic) bond motifs is 3. The second kappa shape index (κ2) is 4.08. The van der Waals surface area contributed by atoms with Gasteiger partial charge in [-0.1, -0.05) is 24.3 Å². The Labute approximate surface area is 108 Å². The average Bonchev–Trinajstić information content (AvgIpc) is 2.85. The number of carboxylic acid groups (broad SMARTS) is 1. The lowest BCUT2D eigenvalue weighted by molar-refractivity contribution is -0.384. The van der Waals surface area contributed by atoms with Crippen molar-refractivity contribution in [3.63, 3.8) is 0 Å². The zero-order chi connectivity index (χ0) is 13.6. The third-order valence-corrected chi connectivity index (χ3v) is 3.84. The minimum absolute atomic E-state index is 0.0581. The monoisotopic (exact) mass is 260 g/mol. The quantitative estimate of drug-likeness (QED) is 0.482. The maximum atomic E-state index is 11.3. The van der Waals surface area contributed by atoms with Gasteiger partial charge in [-0.25, -0.2) is 4.79 Å². The molecule has 98 valence electrons. The number of carbonyl (C=O) groups is 1. The van der Waals surface area contributed by atoms with Crippen molar-refractivity contribution in [2.75, 3.05) is 5.32 Å². The molecule has 1 aliphatic carbocycles. The Morgan fingerprint density at radius 2 is 2.26 bits per heavy atom. The Bertz CT molecular complexity index is 596. The van der Waals surface area contributed by atoms with E-state index in [0.717, 1.165) is 5.56 Å². The maximum Gasteiger partial charge on any atom is 0.326 e. The predicted octanol–water partition coefficient (Wildman–Crippen LogP) is 2.13. The molecular weight excluding hydrogens is 248 g/mol. The van der Waals surface area contributed by atoms with Crippen molar-refractivity contribution in [1.82, 2.24) is 0 Å². The molecule has 2 aliphatic rings. The second-order valence-electron chi connectivity index (χ2n) is 4.81. The van der Waals surface area contributed by atoms with Crippen LogP contribution in [-0.2, 0) is 4.79 Å². The van der Waals surface area contributed by atoms with Gasteiger partial charge >= 0.3 is 5.97 Å². The molecule has 0 unspecified atom stereocenters. The van der Waals surface area contributed by atoms with Gasteiger partial charge in [0.25, 0.3) is 5.69 Å². The highest BCUT2D eigenvalue weighted by molar-refractivity contribution is 5.83. The summed E-state index contributed by atoms with van der Waals surface area (Å²) in [4.78, 5) is 21.9. The summed E-state index contributed by atoms with van der Waals surface area (Å²) in [5.41, 5.74) is 1.08. The fourth-order valence-electron chi connectivity index (χ4n) is 3.00. The van der Waals surface area contributed by atoms with Crippen LogP contribution in [0.25, 0.3) is 0 Å². The second-order valence-corrected chi connectivity index (χ2v) is 4.81. The first kappa shape index (κ1) is 11.7. The lowest BCUT2D eigenvalue weighted by atomic mass is 9.79. The molecule has 0 bridgehead atoms. The van der Waals surface area contributed by atoms with E-state index in [4.69, 9.17) is 0 Å². The Morgan fingerprint density at radius 3 is 2.95 bits per heavy atom. The number of allylic oxidation sites excluding steroid dienone is 2. The maximum absolute atomic E-state index is 11.3. The van der Waals surface area contributed by atoms with E-state index in [0.29, 0.717) is 12.1 Å². The van der Waals surface area contributed by atoms with Crippen LogP contribution in [0, 0.1) is 16.0 Å². The lowest BCUT2D eigenvalue weighted by Crippen LogP contribution is -2.42. The Morgan fingerprint density at radius 1 is 1.47 bits per heavy atom. The first-order chi connectivity index (χ1) is 9.09. The summed E-state index contributed by atoms with van der Waals surface area (Å²) in [5, 5.41) is 23.2. The van der Waals surface area contributed by atoms with Gasteiger partial charge in [-0.05, 0) is 12.0 Å². The molecule has 0 radical (unpaired) electrons. The first-order valence-electron chi connectivity index (χ1n) is 6.03. The van der Waals surface area contributed by atoms with Crippen LogP contribution in [0.5, 0.6) is 0 Å². The standard InChI is InChI=1S/C13H12N2O4/c16-13(17)12-9-4-1-3-7(9)8-5-2-6-10(15(18)19)11(8)14-12/h1-3,5-7,9,12,14H,4H2,(H,16,17)/t7-,9+,12-/m0/s1. The van der Waals surface area contributed by atoms with Crippen molar-refractivity contribution < 1.29 is 14.8 Å². The summed E-state index contributed by atoms with van der Waals surface area (Å²) in [7, 11) is 0. The SMILES string of the molecule is O=C(O)[C@H]1Nc2c(cccc2[N+](=O)[O-])[C@@H]2C=CC[C@@H]12. The zero-order valence-electron chi connectivity index (χ0n) is 9.95. The fraction of sp³-hybridized carbons (Fsp3) is 0.308. The molecule has 19 heavy (non-hydrogen) atoms. The van der Waals surface area contributed by atoms with Crippen LogP contribution in [0.2, 0.25) is 0 Å². The van der Waals surface area contributed by atoms with E-state index in [1.807, 2.05) is 18.2 Å². The molecule has 6 nitrogen and oxygen atoms in total. The molecule has 1 heterocycles. The summed E-state index contributed by atoms with van der Waals surface area (Å²) >= 11 is 0. The van der Waals surface area contributed by atoms with Gasteiger partial charge in [0.15, 0.2) is 0 Å². The van der Waals surface area contributed by atoms with Crippen LogP contribution in [0.3, 0.4) is 0 Å². The summed E-state index contributed by atoms with van der Waals surface area (Å²) in [6.07, 6.45) is 4.57. The first-order valence-corrected chi connectivity index (χ1v) is 6.03. The number of hydrogen-bond acceptors (Lipinski definition) is 4. The van der Waals surface area contributed by atoms with Crippen LogP contribution in [-0.4, -0.2) is 22.0 Å². The molecule has 0 spiro atoms. The molecule has 0 fully saturated rings. The number of benzene rings is 1. The van der Waals surface area contributed by atoms with Gasteiger partial charge in [0, 0.05) is 17.9 Å². The predicted molar refractivity (Wildman–Crippen MR) is 68.1 cm³/mol. The molecule has 0 saturated carbocycles. The van der Waals surface area contributed by atoms with Gasteiger partial charge in [-0.2, -0.15) is 0 Å². The molecular formula is C13H12N2O4. The molecule has 6 heteroatoms. The summed E-state index contributed by atoms with van der Waals surface area (Å²) in [6.45, 7) is 0. The Hall–Kier alpha value is -2.37. The number of para-hydroxylation sites is 1. The van der Waals surface area contributed by atoms with Crippen LogP contribution < -0.4 is 5.32 Å².